The fourth-order valence-corrected chi connectivity index (χ4v) is 1.99. The van der Waals surface area contributed by atoms with Crippen molar-refractivity contribution < 1.29 is 9.90 Å². The van der Waals surface area contributed by atoms with Crippen LogP contribution in [0.3, 0.4) is 0 Å². The summed E-state index contributed by atoms with van der Waals surface area (Å²) in [7, 11) is 0. The summed E-state index contributed by atoms with van der Waals surface area (Å²) in [6.07, 6.45) is 3.92. The zero-order chi connectivity index (χ0) is 12.0. The van der Waals surface area contributed by atoms with Gasteiger partial charge in [0.2, 0.25) is 0 Å². The summed E-state index contributed by atoms with van der Waals surface area (Å²) in [6.45, 7) is 2.12. The van der Waals surface area contributed by atoms with E-state index in [1.54, 1.807) is 0 Å². The second-order valence-corrected chi connectivity index (χ2v) is 4.85. The van der Waals surface area contributed by atoms with Gasteiger partial charge >= 0.3 is 5.97 Å². The van der Waals surface area contributed by atoms with Crippen molar-refractivity contribution in [2.75, 3.05) is 0 Å². The minimum absolute atomic E-state index is 0.361. The highest BCUT2D eigenvalue weighted by Crippen LogP contribution is 2.24. The first-order valence-corrected chi connectivity index (χ1v) is 6.42. The Morgan fingerprint density at radius 1 is 1.31 bits per heavy atom. The molecule has 1 aromatic rings. The zero-order valence-electron chi connectivity index (χ0n) is 9.45. The van der Waals surface area contributed by atoms with Gasteiger partial charge in [0, 0.05) is 4.47 Å². The van der Waals surface area contributed by atoms with Gasteiger partial charge in [0.1, 0.15) is 0 Å². The van der Waals surface area contributed by atoms with E-state index in [1.165, 1.54) is 0 Å². The third-order valence-electron chi connectivity index (χ3n) is 2.67. The lowest BCUT2D eigenvalue weighted by Gasteiger charge is -2.12. The number of hydrogen-bond acceptors (Lipinski definition) is 1. The molecule has 0 aliphatic heterocycles. The van der Waals surface area contributed by atoms with Gasteiger partial charge in [-0.1, -0.05) is 54.2 Å². The number of aliphatic carboxylic acids is 1. The largest absolute Gasteiger partial charge is 0.481 e. The van der Waals surface area contributed by atoms with Crippen molar-refractivity contribution in [3.8, 4) is 0 Å². The van der Waals surface area contributed by atoms with Gasteiger partial charge in [-0.05, 0) is 24.1 Å². The molecule has 0 aliphatic rings. The highest BCUT2D eigenvalue weighted by Gasteiger charge is 2.18. The van der Waals surface area contributed by atoms with E-state index in [9.17, 15) is 9.90 Å². The van der Waals surface area contributed by atoms with E-state index in [-0.39, 0.29) is 5.92 Å². The third kappa shape index (κ3) is 3.97. The summed E-state index contributed by atoms with van der Waals surface area (Å²) in [5, 5.41) is 9.18. The molecule has 1 aromatic carbocycles. The molecule has 0 saturated heterocycles. The van der Waals surface area contributed by atoms with Gasteiger partial charge < -0.3 is 5.11 Å². The van der Waals surface area contributed by atoms with E-state index in [0.717, 1.165) is 35.7 Å². The fourth-order valence-electron chi connectivity index (χ4n) is 1.73. The number of rotatable bonds is 6. The monoisotopic (exact) mass is 284 g/mol. The highest BCUT2D eigenvalue weighted by molar-refractivity contribution is 9.10. The highest BCUT2D eigenvalue weighted by atomic mass is 79.9. The van der Waals surface area contributed by atoms with Gasteiger partial charge in [0.25, 0.3) is 0 Å². The molecule has 0 saturated carbocycles. The van der Waals surface area contributed by atoms with Crippen LogP contribution in [0, 0.1) is 0 Å². The molecule has 0 spiro atoms. The average Bonchev–Trinajstić information content (AvgIpc) is 2.26. The molecule has 2 nitrogen and oxygen atoms in total. The smallest absolute Gasteiger partial charge is 0.310 e. The fraction of sp³-hybridized carbons (Fsp3) is 0.462. The lowest BCUT2D eigenvalue weighted by Crippen LogP contribution is -2.11. The van der Waals surface area contributed by atoms with Crippen molar-refractivity contribution in [1.82, 2.24) is 0 Å². The topological polar surface area (TPSA) is 37.3 Å². The predicted octanol–water partition coefficient (Wildman–Crippen LogP) is 4.20. The number of halogens is 1. The van der Waals surface area contributed by atoms with Crippen LogP contribution in [-0.2, 0) is 4.79 Å². The molecule has 0 amide bonds. The third-order valence-corrected chi connectivity index (χ3v) is 3.20. The molecule has 0 fully saturated rings. The molecule has 0 aromatic heterocycles. The van der Waals surface area contributed by atoms with Crippen molar-refractivity contribution >= 4 is 21.9 Å². The lowest BCUT2D eigenvalue weighted by atomic mass is 9.93. The number of unbranched alkanes of at least 4 members (excludes halogenated alkanes) is 2. The summed E-state index contributed by atoms with van der Waals surface area (Å²) in [6, 6.07) is 7.56. The molecule has 3 heteroatoms. The normalized spacial score (nSPS) is 12.4. The molecule has 88 valence electrons. The van der Waals surface area contributed by atoms with Crippen LogP contribution < -0.4 is 0 Å². The Morgan fingerprint density at radius 3 is 2.44 bits per heavy atom. The van der Waals surface area contributed by atoms with Crippen LogP contribution in [0.5, 0.6) is 0 Å². The van der Waals surface area contributed by atoms with Crippen LogP contribution in [0.1, 0.15) is 44.1 Å². The maximum Gasteiger partial charge on any atom is 0.310 e. The van der Waals surface area contributed by atoms with Crippen LogP contribution in [0.2, 0.25) is 0 Å². The Kier molecular flexibility index (Phi) is 5.53. The quantitative estimate of drug-likeness (QED) is 0.795. The lowest BCUT2D eigenvalue weighted by molar-refractivity contribution is -0.139. The molecule has 0 bridgehead atoms. The first kappa shape index (κ1) is 13.2. The molecule has 1 unspecified atom stereocenters. The first-order valence-electron chi connectivity index (χ1n) is 5.63. The maximum atomic E-state index is 11.2. The van der Waals surface area contributed by atoms with Gasteiger partial charge in [-0.15, -0.1) is 0 Å². The molecule has 1 atom stereocenters. The van der Waals surface area contributed by atoms with Crippen LogP contribution >= 0.6 is 15.9 Å². The van der Waals surface area contributed by atoms with Crippen molar-refractivity contribution in [3.05, 3.63) is 34.3 Å². The number of benzene rings is 1. The van der Waals surface area contributed by atoms with Gasteiger partial charge in [-0.25, -0.2) is 0 Å². The summed E-state index contributed by atoms with van der Waals surface area (Å²) < 4.78 is 0.981. The van der Waals surface area contributed by atoms with E-state index in [4.69, 9.17) is 0 Å². The SMILES string of the molecule is CCCCCC(C(=O)O)c1ccc(Br)cc1. The van der Waals surface area contributed by atoms with Crippen LogP contribution in [0.25, 0.3) is 0 Å². The Labute approximate surface area is 105 Å². The Hall–Kier alpha value is -0.830. The van der Waals surface area contributed by atoms with Crippen molar-refractivity contribution in [2.24, 2.45) is 0 Å². The molecule has 1 rings (SSSR count). The maximum absolute atomic E-state index is 11.2. The molecular weight excluding hydrogens is 268 g/mol. The standard InChI is InChI=1S/C13H17BrO2/c1-2-3-4-5-12(13(15)16)10-6-8-11(14)9-7-10/h6-9,12H,2-5H2,1H3,(H,15,16). The van der Waals surface area contributed by atoms with Crippen LogP contribution in [0.15, 0.2) is 28.7 Å². The summed E-state index contributed by atoms with van der Waals surface area (Å²) >= 11 is 3.35. The van der Waals surface area contributed by atoms with Crippen molar-refractivity contribution in [2.45, 2.75) is 38.5 Å². The van der Waals surface area contributed by atoms with E-state index < -0.39 is 5.97 Å². The average molecular weight is 285 g/mol. The van der Waals surface area contributed by atoms with Gasteiger partial charge in [-0.3, -0.25) is 4.79 Å². The van der Waals surface area contributed by atoms with E-state index >= 15 is 0 Å². The van der Waals surface area contributed by atoms with Crippen molar-refractivity contribution in [3.63, 3.8) is 0 Å². The number of carboxylic acid groups (broad SMARTS) is 1. The van der Waals surface area contributed by atoms with Gasteiger partial charge in [0.15, 0.2) is 0 Å². The number of hydrogen-bond donors (Lipinski definition) is 1. The Morgan fingerprint density at radius 2 is 1.94 bits per heavy atom. The molecule has 0 radical (unpaired) electrons. The molecule has 0 heterocycles. The second-order valence-electron chi connectivity index (χ2n) is 3.94. The number of carbonyl (C=O) groups is 1. The zero-order valence-corrected chi connectivity index (χ0v) is 11.0. The van der Waals surface area contributed by atoms with Crippen molar-refractivity contribution in [1.29, 1.82) is 0 Å². The Bertz CT molecular complexity index is 332. The minimum Gasteiger partial charge on any atom is -0.481 e. The minimum atomic E-state index is -0.724. The van der Waals surface area contributed by atoms with E-state index in [2.05, 4.69) is 22.9 Å². The Balaban J connectivity index is 2.69. The first-order chi connectivity index (χ1) is 7.65. The second kappa shape index (κ2) is 6.69. The van der Waals surface area contributed by atoms with E-state index in [0.29, 0.717) is 0 Å². The summed E-state index contributed by atoms with van der Waals surface area (Å²) in [5.41, 5.74) is 0.895. The number of carboxylic acids is 1. The van der Waals surface area contributed by atoms with Crippen LogP contribution in [0.4, 0.5) is 0 Å². The summed E-state index contributed by atoms with van der Waals surface area (Å²) in [4.78, 5) is 11.2. The molecule has 16 heavy (non-hydrogen) atoms. The van der Waals surface area contributed by atoms with Crippen LogP contribution in [-0.4, -0.2) is 11.1 Å². The van der Waals surface area contributed by atoms with E-state index in [1.807, 2.05) is 24.3 Å². The summed E-state index contributed by atoms with van der Waals surface area (Å²) in [5.74, 6) is -1.09. The molecular formula is C13H17BrO2. The molecule has 1 N–H and O–H groups in total. The van der Waals surface area contributed by atoms with Gasteiger partial charge in [-0.2, -0.15) is 0 Å². The molecule has 0 aliphatic carbocycles. The predicted molar refractivity (Wildman–Crippen MR) is 68.7 cm³/mol. The van der Waals surface area contributed by atoms with Gasteiger partial charge in [0.05, 0.1) is 5.92 Å².